The van der Waals surface area contributed by atoms with Crippen LogP contribution in [0, 0.1) is 0 Å². The topological polar surface area (TPSA) is 102 Å². The molecular formula is C9H10BrN3O3S. The normalized spacial score (nSPS) is 12.3. The molecule has 0 aliphatic heterocycles. The van der Waals surface area contributed by atoms with Crippen LogP contribution in [-0.4, -0.2) is 18.8 Å². The number of primary sulfonamides is 1. The van der Waals surface area contributed by atoms with Crippen molar-refractivity contribution in [2.24, 2.45) is 10.2 Å². The number of para-hydroxylation sites is 1. The van der Waals surface area contributed by atoms with Crippen LogP contribution in [0.1, 0.15) is 6.92 Å². The lowest BCUT2D eigenvalue weighted by atomic mass is 10.3. The summed E-state index contributed by atoms with van der Waals surface area (Å²) in [5.41, 5.74) is 2.66. The third-order valence-corrected chi connectivity index (χ3v) is 3.46. The van der Waals surface area contributed by atoms with Crippen LogP contribution in [0.3, 0.4) is 0 Å². The van der Waals surface area contributed by atoms with Crippen LogP contribution in [0.2, 0.25) is 0 Å². The summed E-state index contributed by atoms with van der Waals surface area (Å²) < 4.78 is 22.5. The number of carbonyl (C=O) groups is 1. The molecule has 0 aliphatic carbocycles. The van der Waals surface area contributed by atoms with Crippen molar-refractivity contribution in [1.82, 2.24) is 0 Å². The molecule has 1 rings (SSSR count). The van der Waals surface area contributed by atoms with E-state index < -0.39 is 10.0 Å². The number of carbonyl (C=O) groups excluding carboxylic acids is 1. The van der Waals surface area contributed by atoms with Gasteiger partial charge in [0.2, 0.25) is 10.0 Å². The molecule has 0 saturated carbocycles. The second-order valence-corrected chi connectivity index (χ2v) is 5.39. The number of nitrogens with zero attached hydrogens (tertiary/aromatic N) is 1. The Morgan fingerprint density at radius 3 is 2.53 bits per heavy atom. The van der Waals surface area contributed by atoms with Gasteiger partial charge in [-0.25, -0.2) is 13.6 Å². The number of Topliss-reactive ketones (excluding diaryl/α,β-unsaturated/α-hetero) is 1. The summed E-state index contributed by atoms with van der Waals surface area (Å²) in [7, 11) is -3.83. The molecule has 8 heteroatoms. The van der Waals surface area contributed by atoms with E-state index >= 15 is 0 Å². The van der Waals surface area contributed by atoms with E-state index in [1.807, 2.05) is 0 Å². The summed E-state index contributed by atoms with van der Waals surface area (Å²) in [5.74, 6) is -0.286. The number of rotatable bonds is 4. The molecule has 0 bridgehead atoms. The van der Waals surface area contributed by atoms with E-state index in [4.69, 9.17) is 5.14 Å². The highest BCUT2D eigenvalue weighted by atomic mass is 79.9. The summed E-state index contributed by atoms with van der Waals surface area (Å²) >= 11 is 2.93. The summed E-state index contributed by atoms with van der Waals surface area (Å²) in [4.78, 5) is 10.8. The van der Waals surface area contributed by atoms with Crippen LogP contribution < -0.4 is 10.6 Å². The highest BCUT2D eigenvalue weighted by molar-refractivity contribution is 9.19. The predicted octanol–water partition coefficient (Wildman–Crippen LogP) is 1.04. The Labute approximate surface area is 107 Å². The van der Waals surface area contributed by atoms with Gasteiger partial charge in [0.05, 0.1) is 5.69 Å². The van der Waals surface area contributed by atoms with Gasteiger partial charge in [-0.1, -0.05) is 12.1 Å². The van der Waals surface area contributed by atoms with Crippen molar-refractivity contribution < 1.29 is 13.2 Å². The van der Waals surface area contributed by atoms with Gasteiger partial charge in [0.1, 0.15) is 4.90 Å². The molecule has 0 spiro atoms. The van der Waals surface area contributed by atoms with Gasteiger partial charge in [0, 0.05) is 6.92 Å². The largest absolute Gasteiger partial charge is 0.292 e. The zero-order valence-corrected chi connectivity index (χ0v) is 11.2. The number of ketones is 1. The fourth-order valence-electron chi connectivity index (χ4n) is 0.995. The molecule has 92 valence electrons. The maximum atomic E-state index is 11.2. The Bertz CT molecular complexity index is 569. The molecule has 0 saturated heterocycles. The number of nitrogens with two attached hydrogens (primary N) is 1. The molecule has 1 aromatic rings. The van der Waals surface area contributed by atoms with Gasteiger partial charge in [0.25, 0.3) is 0 Å². The van der Waals surface area contributed by atoms with Crippen molar-refractivity contribution in [2.75, 3.05) is 5.43 Å². The van der Waals surface area contributed by atoms with Crippen LogP contribution in [0.5, 0.6) is 0 Å². The third kappa shape index (κ3) is 3.91. The van der Waals surface area contributed by atoms with E-state index in [0.29, 0.717) is 0 Å². The van der Waals surface area contributed by atoms with E-state index in [0.717, 1.165) is 0 Å². The second kappa shape index (κ2) is 5.39. The summed E-state index contributed by atoms with van der Waals surface area (Å²) in [6, 6.07) is 5.99. The van der Waals surface area contributed by atoms with Crippen LogP contribution in [-0.2, 0) is 14.8 Å². The van der Waals surface area contributed by atoms with Crippen molar-refractivity contribution in [1.29, 1.82) is 0 Å². The molecule has 0 aromatic heterocycles. The first kappa shape index (κ1) is 13.8. The maximum Gasteiger partial charge on any atom is 0.240 e. The first-order valence-electron chi connectivity index (χ1n) is 4.44. The van der Waals surface area contributed by atoms with Gasteiger partial charge in [-0.3, -0.25) is 10.2 Å². The van der Waals surface area contributed by atoms with Crippen molar-refractivity contribution >= 4 is 42.0 Å². The standard InChI is InChI=1S/C9H10BrN3O3S/c1-6(14)9(10)13-12-7-4-2-3-5-8(7)17(11,15)16/h2-5,12H,1H3,(H2,11,15,16)/b13-9+. The van der Waals surface area contributed by atoms with Gasteiger partial charge in [-0.15, -0.1) is 0 Å². The van der Waals surface area contributed by atoms with Gasteiger partial charge >= 0.3 is 0 Å². The van der Waals surface area contributed by atoms with Gasteiger partial charge < -0.3 is 0 Å². The number of benzene rings is 1. The zero-order valence-electron chi connectivity index (χ0n) is 8.84. The van der Waals surface area contributed by atoms with Crippen LogP contribution in [0.4, 0.5) is 5.69 Å². The third-order valence-electron chi connectivity index (χ3n) is 1.76. The minimum atomic E-state index is -3.83. The zero-order chi connectivity index (χ0) is 13.1. The Kier molecular flexibility index (Phi) is 4.38. The van der Waals surface area contributed by atoms with Gasteiger partial charge in [-0.2, -0.15) is 5.10 Å². The van der Waals surface area contributed by atoms with E-state index in [9.17, 15) is 13.2 Å². The minimum Gasteiger partial charge on any atom is -0.292 e. The lowest BCUT2D eigenvalue weighted by Gasteiger charge is -2.06. The Balaban J connectivity index is 3.09. The number of anilines is 1. The molecule has 0 amide bonds. The molecule has 0 aliphatic rings. The van der Waals surface area contributed by atoms with Gasteiger partial charge in [-0.05, 0) is 28.1 Å². The smallest absolute Gasteiger partial charge is 0.240 e. The number of halogens is 1. The molecule has 0 heterocycles. The van der Waals surface area contributed by atoms with E-state index in [-0.39, 0.29) is 21.0 Å². The molecule has 0 fully saturated rings. The predicted molar refractivity (Wildman–Crippen MR) is 68.5 cm³/mol. The molecule has 1 aromatic carbocycles. The molecular weight excluding hydrogens is 310 g/mol. The quantitative estimate of drug-likeness (QED) is 0.639. The molecule has 6 nitrogen and oxygen atoms in total. The van der Waals surface area contributed by atoms with Crippen LogP contribution in [0.15, 0.2) is 34.3 Å². The van der Waals surface area contributed by atoms with Crippen LogP contribution >= 0.6 is 15.9 Å². The second-order valence-electron chi connectivity index (χ2n) is 3.11. The first-order valence-corrected chi connectivity index (χ1v) is 6.78. The van der Waals surface area contributed by atoms with E-state index in [1.165, 1.54) is 25.1 Å². The van der Waals surface area contributed by atoms with Gasteiger partial charge in [0.15, 0.2) is 10.4 Å². The van der Waals surface area contributed by atoms with E-state index in [1.54, 1.807) is 6.07 Å². The summed E-state index contributed by atoms with van der Waals surface area (Å²) in [6.07, 6.45) is 0. The first-order chi connectivity index (χ1) is 7.82. The highest BCUT2D eigenvalue weighted by Gasteiger charge is 2.12. The average Bonchev–Trinajstić information content (AvgIpc) is 2.24. The van der Waals surface area contributed by atoms with E-state index in [2.05, 4.69) is 26.5 Å². The molecule has 0 radical (unpaired) electrons. The SMILES string of the molecule is CC(=O)/C(Br)=N\Nc1ccccc1S(N)(=O)=O. The number of hydrogen-bond donors (Lipinski definition) is 2. The molecule has 3 N–H and O–H groups in total. The maximum absolute atomic E-state index is 11.2. The number of sulfonamides is 1. The number of hydrogen-bond acceptors (Lipinski definition) is 5. The number of nitrogens with one attached hydrogen (secondary N) is 1. The van der Waals surface area contributed by atoms with Crippen molar-refractivity contribution in [3.63, 3.8) is 0 Å². The lowest BCUT2D eigenvalue weighted by Crippen LogP contribution is -2.14. The fourth-order valence-corrected chi connectivity index (χ4v) is 1.77. The average molecular weight is 320 g/mol. The summed E-state index contributed by atoms with van der Waals surface area (Å²) in [5, 5.41) is 8.71. The summed E-state index contributed by atoms with van der Waals surface area (Å²) in [6.45, 7) is 1.32. The highest BCUT2D eigenvalue weighted by Crippen LogP contribution is 2.19. The number of hydrazone groups is 1. The molecule has 17 heavy (non-hydrogen) atoms. The minimum absolute atomic E-state index is 0.0572. The molecule has 0 atom stereocenters. The van der Waals surface area contributed by atoms with Crippen molar-refractivity contribution in [2.45, 2.75) is 11.8 Å². The lowest BCUT2D eigenvalue weighted by molar-refractivity contribution is -0.110. The fraction of sp³-hybridized carbons (Fsp3) is 0.111. The monoisotopic (exact) mass is 319 g/mol. The van der Waals surface area contributed by atoms with Crippen molar-refractivity contribution in [3.05, 3.63) is 24.3 Å². The Hall–Kier alpha value is -1.25. The Morgan fingerprint density at radius 1 is 1.41 bits per heavy atom. The van der Waals surface area contributed by atoms with Crippen LogP contribution in [0.25, 0.3) is 0 Å². The van der Waals surface area contributed by atoms with Crippen molar-refractivity contribution in [3.8, 4) is 0 Å². The Morgan fingerprint density at radius 2 is 2.00 bits per heavy atom. The molecule has 0 unspecified atom stereocenters.